The van der Waals surface area contributed by atoms with Crippen LogP contribution in [-0.2, 0) is 11.3 Å². The topological polar surface area (TPSA) is 91.2 Å². The van der Waals surface area contributed by atoms with Crippen molar-refractivity contribution in [2.75, 3.05) is 12.4 Å². The van der Waals surface area contributed by atoms with Crippen LogP contribution < -0.4 is 15.4 Å². The number of benzene rings is 2. The monoisotopic (exact) mass is 349 g/mol. The summed E-state index contributed by atoms with van der Waals surface area (Å²) in [5, 5.41) is 14.8. The number of nitrogens with one attached hydrogen (secondary N) is 2. The number of hydrogen-bond acceptors (Lipinski definition) is 5. The molecular weight excluding hydrogens is 330 g/mol. The van der Waals surface area contributed by atoms with E-state index < -0.39 is 5.91 Å². The minimum Gasteiger partial charge on any atom is -0.497 e. The summed E-state index contributed by atoms with van der Waals surface area (Å²) < 4.78 is 5.08. The third-order valence-corrected chi connectivity index (χ3v) is 3.63. The van der Waals surface area contributed by atoms with Crippen LogP contribution in [0.25, 0.3) is 0 Å². The molecule has 2 rings (SSSR count). The highest BCUT2D eigenvalue weighted by Gasteiger charge is 2.09. The van der Waals surface area contributed by atoms with Crippen molar-refractivity contribution in [1.82, 2.24) is 5.32 Å². The molecule has 0 saturated heterocycles. The predicted octanol–water partition coefficient (Wildman–Crippen LogP) is 3.03. The number of ether oxygens (including phenoxy) is 1. The van der Waals surface area contributed by atoms with Gasteiger partial charge in [-0.25, -0.2) is 0 Å². The molecular formula is C20H19N3O3. The number of nitriles is 1. The molecule has 0 aliphatic carbocycles. The Hall–Kier alpha value is -3.59. The molecule has 0 unspecified atom stereocenters. The van der Waals surface area contributed by atoms with Gasteiger partial charge in [-0.3, -0.25) is 9.59 Å². The summed E-state index contributed by atoms with van der Waals surface area (Å²) >= 11 is 0. The van der Waals surface area contributed by atoms with E-state index in [1.807, 2.05) is 18.2 Å². The first-order chi connectivity index (χ1) is 12.5. The van der Waals surface area contributed by atoms with Crippen LogP contribution >= 0.6 is 0 Å². The third kappa shape index (κ3) is 5.21. The van der Waals surface area contributed by atoms with E-state index in [9.17, 15) is 14.9 Å². The Labute approximate surface area is 152 Å². The van der Waals surface area contributed by atoms with E-state index in [1.165, 1.54) is 13.1 Å². The molecule has 0 radical (unpaired) electrons. The average molecular weight is 349 g/mol. The van der Waals surface area contributed by atoms with Crippen molar-refractivity contribution >= 4 is 17.4 Å². The number of amides is 1. The van der Waals surface area contributed by atoms with E-state index in [-0.39, 0.29) is 11.4 Å². The Morgan fingerprint density at radius 3 is 2.54 bits per heavy atom. The summed E-state index contributed by atoms with van der Waals surface area (Å²) in [5.74, 6) is 0.184. The van der Waals surface area contributed by atoms with Crippen molar-refractivity contribution < 1.29 is 14.3 Å². The normalized spacial score (nSPS) is 10.6. The van der Waals surface area contributed by atoms with E-state index in [0.717, 1.165) is 11.3 Å². The lowest BCUT2D eigenvalue weighted by Gasteiger charge is -2.07. The van der Waals surface area contributed by atoms with Crippen LogP contribution in [0, 0.1) is 11.3 Å². The molecule has 2 aromatic rings. The Bertz CT molecular complexity index is 865. The molecule has 0 bridgehead atoms. The fourth-order valence-electron chi connectivity index (χ4n) is 2.15. The molecule has 2 N–H and O–H groups in total. The van der Waals surface area contributed by atoms with Gasteiger partial charge in [0.05, 0.1) is 7.11 Å². The molecule has 132 valence electrons. The van der Waals surface area contributed by atoms with Gasteiger partial charge in [-0.15, -0.1) is 0 Å². The second-order valence-electron chi connectivity index (χ2n) is 5.48. The van der Waals surface area contributed by atoms with Gasteiger partial charge in [0.2, 0.25) is 0 Å². The van der Waals surface area contributed by atoms with E-state index in [1.54, 1.807) is 43.5 Å². The molecule has 0 aliphatic heterocycles. The fraction of sp³-hybridized carbons (Fsp3) is 0.150. The van der Waals surface area contributed by atoms with Crippen molar-refractivity contribution in [2.24, 2.45) is 0 Å². The molecule has 0 heterocycles. The fourth-order valence-corrected chi connectivity index (χ4v) is 2.15. The Morgan fingerprint density at radius 1 is 1.19 bits per heavy atom. The van der Waals surface area contributed by atoms with Crippen molar-refractivity contribution in [3.8, 4) is 11.8 Å². The maximum Gasteiger partial charge on any atom is 0.263 e. The van der Waals surface area contributed by atoms with Crippen LogP contribution in [0.1, 0.15) is 22.8 Å². The minimum absolute atomic E-state index is 0.0598. The lowest BCUT2D eigenvalue weighted by atomic mass is 10.1. The van der Waals surface area contributed by atoms with Gasteiger partial charge < -0.3 is 15.4 Å². The highest BCUT2D eigenvalue weighted by molar-refractivity contribution is 5.97. The molecule has 6 heteroatoms. The summed E-state index contributed by atoms with van der Waals surface area (Å²) in [6, 6.07) is 15.9. The molecule has 0 spiro atoms. The molecule has 0 fully saturated rings. The van der Waals surface area contributed by atoms with E-state index >= 15 is 0 Å². The molecule has 0 aromatic heterocycles. The van der Waals surface area contributed by atoms with E-state index in [2.05, 4.69) is 10.6 Å². The Kier molecular flexibility index (Phi) is 6.52. The molecule has 26 heavy (non-hydrogen) atoms. The number of carbonyl (C=O) groups is 2. The Balaban J connectivity index is 1.99. The first kappa shape index (κ1) is 18.7. The number of carbonyl (C=O) groups excluding carboxylic acids is 2. The van der Waals surface area contributed by atoms with Crippen LogP contribution in [0.2, 0.25) is 0 Å². The summed E-state index contributed by atoms with van der Waals surface area (Å²) in [5.41, 5.74) is 1.99. The smallest absolute Gasteiger partial charge is 0.263 e. The number of hydrogen-bond donors (Lipinski definition) is 2. The number of ketones is 1. The zero-order valence-electron chi connectivity index (χ0n) is 14.6. The minimum atomic E-state index is -0.487. The highest BCUT2D eigenvalue weighted by Crippen LogP contribution is 2.13. The van der Waals surface area contributed by atoms with Gasteiger partial charge >= 0.3 is 0 Å². The van der Waals surface area contributed by atoms with Crippen LogP contribution in [0.3, 0.4) is 0 Å². The number of anilines is 1. The first-order valence-corrected chi connectivity index (χ1v) is 7.92. The molecule has 0 saturated carbocycles. The number of Topliss-reactive ketones (excluding diaryl/α,β-unsaturated/α-hetero) is 1. The number of rotatable bonds is 7. The average Bonchev–Trinajstić information content (AvgIpc) is 2.67. The maximum absolute atomic E-state index is 12.1. The SMILES string of the molecule is COc1ccc(CNC(=O)/C(C#N)=C\Nc2cccc(C(C)=O)c2)cc1. The number of nitrogens with zero attached hydrogens (tertiary/aromatic N) is 1. The van der Waals surface area contributed by atoms with Gasteiger partial charge in [0, 0.05) is 24.0 Å². The van der Waals surface area contributed by atoms with Crippen molar-refractivity contribution in [3.63, 3.8) is 0 Å². The maximum atomic E-state index is 12.1. The lowest BCUT2D eigenvalue weighted by molar-refractivity contribution is -0.117. The third-order valence-electron chi connectivity index (χ3n) is 3.63. The van der Waals surface area contributed by atoms with Crippen molar-refractivity contribution in [2.45, 2.75) is 13.5 Å². The van der Waals surface area contributed by atoms with Crippen LogP contribution in [0.5, 0.6) is 5.75 Å². The first-order valence-electron chi connectivity index (χ1n) is 7.92. The zero-order valence-corrected chi connectivity index (χ0v) is 14.6. The van der Waals surface area contributed by atoms with Crippen molar-refractivity contribution in [1.29, 1.82) is 5.26 Å². The van der Waals surface area contributed by atoms with Crippen molar-refractivity contribution in [3.05, 3.63) is 71.4 Å². The van der Waals surface area contributed by atoms with Crippen LogP contribution in [0.4, 0.5) is 5.69 Å². The van der Waals surface area contributed by atoms with Crippen LogP contribution in [0.15, 0.2) is 60.3 Å². The lowest BCUT2D eigenvalue weighted by Crippen LogP contribution is -2.24. The quantitative estimate of drug-likeness (QED) is 0.455. The highest BCUT2D eigenvalue weighted by atomic mass is 16.5. The predicted molar refractivity (Wildman–Crippen MR) is 98.6 cm³/mol. The van der Waals surface area contributed by atoms with Gasteiger partial charge in [0.15, 0.2) is 5.78 Å². The summed E-state index contributed by atoms with van der Waals surface area (Å²) in [7, 11) is 1.58. The van der Waals surface area contributed by atoms with Gasteiger partial charge in [0.25, 0.3) is 5.91 Å². The van der Waals surface area contributed by atoms with Gasteiger partial charge in [-0.1, -0.05) is 24.3 Å². The summed E-state index contributed by atoms with van der Waals surface area (Å²) in [6.45, 7) is 1.77. The Morgan fingerprint density at radius 2 is 1.92 bits per heavy atom. The summed E-state index contributed by atoms with van der Waals surface area (Å²) in [4.78, 5) is 23.5. The van der Waals surface area contributed by atoms with E-state index in [4.69, 9.17) is 4.74 Å². The number of methoxy groups -OCH3 is 1. The van der Waals surface area contributed by atoms with E-state index in [0.29, 0.717) is 17.8 Å². The van der Waals surface area contributed by atoms with Gasteiger partial charge in [-0.2, -0.15) is 5.26 Å². The van der Waals surface area contributed by atoms with Gasteiger partial charge in [-0.05, 0) is 36.8 Å². The summed E-state index contributed by atoms with van der Waals surface area (Å²) in [6.07, 6.45) is 1.32. The zero-order chi connectivity index (χ0) is 18.9. The molecule has 0 atom stereocenters. The molecule has 1 amide bonds. The van der Waals surface area contributed by atoms with Crippen LogP contribution in [-0.4, -0.2) is 18.8 Å². The molecule has 2 aromatic carbocycles. The standard InChI is InChI=1S/C20H19N3O3/c1-14(24)16-4-3-5-18(10-16)22-13-17(11-21)20(25)23-12-15-6-8-19(26-2)9-7-15/h3-10,13,22H,12H2,1-2H3,(H,23,25)/b17-13-. The second-order valence-corrected chi connectivity index (χ2v) is 5.48. The molecule has 0 aliphatic rings. The largest absolute Gasteiger partial charge is 0.497 e. The second kappa shape index (κ2) is 9.04. The molecule has 6 nitrogen and oxygen atoms in total. The van der Waals surface area contributed by atoms with Gasteiger partial charge in [0.1, 0.15) is 17.4 Å².